The van der Waals surface area contributed by atoms with Gasteiger partial charge in [0.25, 0.3) is 0 Å². The monoisotopic (exact) mass is 299 g/mol. The molecule has 2 rings (SSSR count). The molecule has 1 unspecified atom stereocenters. The average molecular weight is 300 g/mol. The van der Waals surface area contributed by atoms with Crippen LogP contribution in [0.2, 0.25) is 5.28 Å². The quantitative estimate of drug-likeness (QED) is 0.913. The highest BCUT2D eigenvalue weighted by molar-refractivity contribution is 6.28. The van der Waals surface area contributed by atoms with Crippen molar-refractivity contribution < 1.29 is 5.11 Å². The molecule has 0 amide bonds. The molecular formula is C13H22ClN5O. The smallest absolute Gasteiger partial charge is 0.231 e. The lowest BCUT2D eigenvalue weighted by Crippen LogP contribution is -2.47. The Labute approximate surface area is 124 Å². The molecule has 0 aliphatic carbocycles. The summed E-state index contributed by atoms with van der Waals surface area (Å²) in [5, 5.41) is 10.4. The maximum Gasteiger partial charge on any atom is 0.231 e. The summed E-state index contributed by atoms with van der Waals surface area (Å²) >= 11 is 6.02. The first-order valence-electron chi connectivity index (χ1n) is 7.09. The Morgan fingerprint density at radius 3 is 2.60 bits per heavy atom. The van der Waals surface area contributed by atoms with E-state index in [2.05, 4.69) is 15.0 Å². The van der Waals surface area contributed by atoms with Crippen LogP contribution in [-0.4, -0.2) is 51.8 Å². The molecule has 1 saturated heterocycles. The van der Waals surface area contributed by atoms with E-state index in [1.54, 1.807) is 0 Å². The van der Waals surface area contributed by atoms with Gasteiger partial charge in [0.2, 0.25) is 17.2 Å². The van der Waals surface area contributed by atoms with Crippen molar-refractivity contribution in [1.82, 2.24) is 15.0 Å². The van der Waals surface area contributed by atoms with Gasteiger partial charge in [0, 0.05) is 26.2 Å². The predicted molar refractivity (Wildman–Crippen MR) is 80.5 cm³/mol. The fraction of sp³-hybridized carbons (Fsp3) is 0.769. The van der Waals surface area contributed by atoms with Gasteiger partial charge in [-0.15, -0.1) is 0 Å². The van der Waals surface area contributed by atoms with Gasteiger partial charge in [0.1, 0.15) is 0 Å². The van der Waals surface area contributed by atoms with Crippen molar-refractivity contribution in [1.29, 1.82) is 0 Å². The van der Waals surface area contributed by atoms with Gasteiger partial charge < -0.3 is 14.9 Å². The topological polar surface area (TPSA) is 65.4 Å². The average Bonchev–Trinajstić information content (AvgIpc) is 2.38. The first-order valence-corrected chi connectivity index (χ1v) is 7.47. The third-order valence-corrected chi connectivity index (χ3v) is 3.76. The summed E-state index contributed by atoms with van der Waals surface area (Å²) in [6.45, 7) is 8.91. The van der Waals surface area contributed by atoms with E-state index in [4.69, 9.17) is 11.6 Å². The first kappa shape index (κ1) is 15.3. The molecule has 20 heavy (non-hydrogen) atoms. The summed E-state index contributed by atoms with van der Waals surface area (Å²) < 4.78 is 0. The van der Waals surface area contributed by atoms with E-state index in [1.807, 2.05) is 30.6 Å². The Bertz CT molecular complexity index is 464. The Hall–Kier alpha value is -1.14. The van der Waals surface area contributed by atoms with E-state index in [9.17, 15) is 5.11 Å². The highest BCUT2D eigenvalue weighted by atomic mass is 35.5. The minimum atomic E-state index is -0.702. The van der Waals surface area contributed by atoms with E-state index in [-0.39, 0.29) is 5.28 Å². The molecule has 1 aromatic heterocycles. The molecule has 6 nitrogen and oxygen atoms in total. The molecule has 112 valence electrons. The fourth-order valence-electron chi connectivity index (χ4n) is 2.51. The van der Waals surface area contributed by atoms with E-state index in [0.29, 0.717) is 18.4 Å². The second kappa shape index (κ2) is 6.10. The maximum absolute atomic E-state index is 10.2. The van der Waals surface area contributed by atoms with Gasteiger partial charge in [-0.1, -0.05) is 0 Å². The number of hydrogen-bond acceptors (Lipinski definition) is 6. The van der Waals surface area contributed by atoms with Crippen LogP contribution in [0.1, 0.15) is 33.6 Å². The lowest BCUT2D eigenvalue weighted by atomic mass is 9.95. The summed E-state index contributed by atoms with van der Waals surface area (Å²) in [6.07, 6.45) is 1.71. The Balaban J connectivity index is 2.27. The van der Waals surface area contributed by atoms with Crippen molar-refractivity contribution in [2.24, 2.45) is 0 Å². The molecule has 0 spiro atoms. The summed E-state index contributed by atoms with van der Waals surface area (Å²) in [5.74, 6) is 1.14. The zero-order valence-electron chi connectivity index (χ0n) is 12.3. The number of aliphatic hydroxyl groups is 1. The SMILES string of the molecule is CCN(CC)c1nc(Cl)nc(N2CCCC(C)(O)C2)n1. The van der Waals surface area contributed by atoms with Gasteiger partial charge in [0.15, 0.2) is 0 Å². The number of β-amino-alcohol motifs (C(OH)–C–C–N with tert-alkyl or cyclic N) is 1. The molecule has 0 bridgehead atoms. The number of halogens is 1. The van der Waals surface area contributed by atoms with Gasteiger partial charge in [-0.25, -0.2) is 0 Å². The molecule has 1 fully saturated rings. The van der Waals surface area contributed by atoms with Crippen LogP contribution in [0.15, 0.2) is 0 Å². The maximum atomic E-state index is 10.2. The number of anilines is 2. The molecule has 1 aliphatic heterocycles. The van der Waals surface area contributed by atoms with Crippen LogP contribution in [0.25, 0.3) is 0 Å². The van der Waals surface area contributed by atoms with Crippen molar-refractivity contribution >= 4 is 23.5 Å². The molecule has 2 heterocycles. The van der Waals surface area contributed by atoms with Gasteiger partial charge in [0.05, 0.1) is 5.60 Å². The number of aromatic nitrogens is 3. The third kappa shape index (κ3) is 3.49. The number of piperidine rings is 1. The standard InChI is InChI=1S/C13H22ClN5O/c1-4-18(5-2)11-15-10(14)16-12(17-11)19-8-6-7-13(3,20)9-19/h20H,4-9H2,1-3H3. The second-order valence-electron chi connectivity index (χ2n) is 5.40. The molecule has 7 heteroatoms. The predicted octanol–water partition coefficient (Wildman–Crippen LogP) is 1.72. The molecular weight excluding hydrogens is 278 g/mol. The molecule has 1 N–H and O–H groups in total. The van der Waals surface area contributed by atoms with Crippen LogP contribution in [-0.2, 0) is 0 Å². The zero-order chi connectivity index (χ0) is 14.8. The zero-order valence-corrected chi connectivity index (χ0v) is 13.1. The summed E-state index contributed by atoms with van der Waals surface area (Å²) in [4.78, 5) is 16.9. The molecule has 1 atom stereocenters. The highest BCUT2D eigenvalue weighted by Gasteiger charge is 2.30. The molecule has 0 radical (unpaired) electrons. The van der Waals surface area contributed by atoms with Crippen LogP contribution in [0.3, 0.4) is 0 Å². The van der Waals surface area contributed by atoms with Crippen molar-refractivity contribution in [3.05, 3.63) is 5.28 Å². The van der Waals surface area contributed by atoms with Crippen molar-refractivity contribution in [3.63, 3.8) is 0 Å². The number of hydrogen-bond donors (Lipinski definition) is 1. The summed E-state index contributed by atoms with van der Waals surface area (Å²) in [7, 11) is 0. The van der Waals surface area contributed by atoms with Crippen LogP contribution < -0.4 is 9.80 Å². The van der Waals surface area contributed by atoms with Crippen molar-refractivity contribution in [2.45, 2.75) is 39.2 Å². The van der Waals surface area contributed by atoms with Crippen LogP contribution in [0, 0.1) is 0 Å². The first-order chi connectivity index (χ1) is 9.45. The number of nitrogens with zero attached hydrogens (tertiary/aromatic N) is 5. The van der Waals surface area contributed by atoms with Crippen LogP contribution in [0.5, 0.6) is 0 Å². The van der Waals surface area contributed by atoms with Gasteiger partial charge in [-0.3, -0.25) is 0 Å². The van der Waals surface area contributed by atoms with Crippen molar-refractivity contribution in [2.75, 3.05) is 36.0 Å². The van der Waals surface area contributed by atoms with Crippen LogP contribution >= 0.6 is 11.6 Å². The van der Waals surface area contributed by atoms with E-state index in [1.165, 1.54) is 0 Å². The minimum Gasteiger partial charge on any atom is -0.388 e. The molecule has 1 aromatic rings. The van der Waals surface area contributed by atoms with Crippen molar-refractivity contribution in [3.8, 4) is 0 Å². The highest BCUT2D eigenvalue weighted by Crippen LogP contribution is 2.25. The largest absolute Gasteiger partial charge is 0.388 e. The van der Waals surface area contributed by atoms with Gasteiger partial charge >= 0.3 is 0 Å². The van der Waals surface area contributed by atoms with E-state index < -0.39 is 5.60 Å². The fourth-order valence-corrected chi connectivity index (χ4v) is 2.66. The van der Waals surface area contributed by atoms with Gasteiger partial charge in [-0.05, 0) is 45.2 Å². The number of rotatable bonds is 4. The minimum absolute atomic E-state index is 0.196. The van der Waals surface area contributed by atoms with E-state index in [0.717, 1.165) is 32.5 Å². The third-order valence-electron chi connectivity index (χ3n) is 3.59. The Morgan fingerprint density at radius 2 is 2.00 bits per heavy atom. The van der Waals surface area contributed by atoms with Gasteiger partial charge in [-0.2, -0.15) is 15.0 Å². The summed E-state index contributed by atoms with van der Waals surface area (Å²) in [6, 6.07) is 0. The Morgan fingerprint density at radius 1 is 1.30 bits per heavy atom. The summed E-state index contributed by atoms with van der Waals surface area (Å²) in [5.41, 5.74) is -0.702. The lowest BCUT2D eigenvalue weighted by Gasteiger charge is -2.37. The second-order valence-corrected chi connectivity index (χ2v) is 5.74. The lowest BCUT2D eigenvalue weighted by molar-refractivity contribution is 0.0444. The molecule has 1 aliphatic rings. The van der Waals surface area contributed by atoms with Crippen LogP contribution in [0.4, 0.5) is 11.9 Å². The molecule has 0 aromatic carbocycles. The van der Waals surface area contributed by atoms with E-state index >= 15 is 0 Å². The Kier molecular flexibility index (Phi) is 4.65. The normalized spacial score (nSPS) is 22.9. The molecule has 0 saturated carbocycles.